The fraction of sp³-hybridized carbons (Fsp3) is 0.300. The summed E-state index contributed by atoms with van der Waals surface area (Å²) in [7, 11) is 0. The molecule has 1 atom stereocenters. The molecule has 0 aliphatic carbocycles. The number of Topliss-reactive ketones (excluding diaryl/α,β-unsaturated/α-hetero) is 1. The molecule has 0 fully saturated rings. The van der Waals surface area contributed by atoms with E-state index in [0.29, 0.717) is 11.3 Å². The van der Waals surface area contributed by atoms with Gasteiger partial charge in [0.25, 0.3) is 0 Å². The number of anilines is 1. The summed E-state index contributed by atoms with van der Waals surface area (Å²) in [5.41, 5.74) is 1.87. The summed E-state index contributed by atoms with van der Waals surface area (Å²) in [6.07, 6.45) is 0.220. The number of rotatable bonds is 8. The molecule has 2 aromatic rings. The van der Waals surface area contributed by atoms with Gasteiger partial charge in [0.05, 0.1) is 12.3 Å². The first-order chi connectivity index (χ1) is 12.0. The molecule has 2 aromatic carbocycles. The Morgan fingerprint density at radius 2 is 1.72 bits per heavy atom. The van der Waals surface area contributed by atoms with E-state index in [2.05, 4.69) is 0 Å². The molecule has 25 heavy (non-hydrogen) atoms. The molecule has 0 saturated heterocycles. The number of aryl methyl sites for hydroxylation is 1. The van der Waals surface area contributed by atoms with Gasteiger partial charge in [-0.05, 0) is 31.9 Å². The molecular weight excluding hydrogens is 318 g/mol. The minimum atomic E-state index is -0.868. The standard InChI is InChI=1S/C20H23NO4/c1-3-25-19(22)14-13-18(20(23)16-10-5-4-6-11-16)21(24)17-12-8-7-9-15(17)2/h4-12,18,24H,3,13-14H2,1-2H3. The summed E-state index contributed by atoms with van der Waals surface area (Å²) in [6.45, 7) is 3.88. The van der Waals surface area contributed by atoms with Crippen LogP contribution in [0.25, 0.3) is 0 Å². The second-order valence-electron chi connectivity index (χ2n) is 5.72. The molecule has 5 heteroatoms. The van der Waals surface area contributed by atoms with Crippen LogP contribution in [-0.4, -0.2) is 29.6 Å². The van der Waals surface area contributed by atoms with Crippen molar-refractivity contribution in [2.45, 2.75) is 32.7 Å². The molecule has 0 radical (unpaired) electrons. The van der Waals surface area contributed by atoms with Crippen LogP contribution in [0.4, 0.5) is 5.69 Å². The SMILES string of the molecule is CCOC(=O)CCC(C(=O)c1ccccc1)N(O)c1ccccc1C. The molecule has 1 unspecified atom stereocenters. The molecule has 1 N–H and O–H groups in total. The summed E-state index contributed by atoms with van der Waals surface area (Å²) >= 11 is 0. The maximum Gasteiger partial charge on any atom is 0.305 e. The minimum absolute atomic E-state index is 0.0556. The highest BCUT2D eigenvalue weighted by Crippen LogP contribution is 2.24. The Hall–Kier alpha value is -2.66. The van der Waals surface area contributed by atoms with Crippen molar-refractivity contribution in [3.8, 4) is 0 Å². The molecule has 0 aromatic heterocycles. The highest BCUT2D eigenvalue weighted by molar-refractivity contribution is 6.01. The van der Waals surface area contributed by atoms with E-state index >= 15 is 0 Å². The fourth-order valence-electron chi connectivity index (χ4n) is 2.64. The average Bonchev–Trinajstić information content (AvgIpc) is 2.63. The lowest BCUT2D eigenvalue weighted by molar-refractivity contribution is -0.143. The molecule has 0 saturated carbocycles. The third-order valence-electron chi connectivity index (χ3n) is 3.95. The van der Waals surface area contributed by atoms with E-state index in [1.54, 1.807) is 43.3 Å². The van der Waals surface area contributed by atoms with Crippen LogP contribution in [-0.2, 0) is 9.53 Å². The van der Waals surface area contributed by atoms with E-state index < -0.39 is 6.04 Å². The lowest BCUT2D eigenvalue weighted by atomic mass is 9.99. The van der Waals surface area contributed by atoms with Crippen molar-refractivity contribution in [1.82, 2.24) is 0 Å². The van der Waals surface area contributed by atoms with E-state index in [1.165, 1.54) is 0 Å². The fourth-order valence-corrected chi connectivity index (χ4v) is 2.64. The van der Waals surface area contributed by atoms with Gasteiger partial charge in [-0.15, -0.1) is 0 Å². The number of esters is 1. The normalized spacial score (nSPS) is 11.6. The lowest BCUT2D eigenvalue weighted by Gasteiger charge is -2.28. The first-order valence-corrected chi connectivity index (χ1v) is 8.33. The topological polar surface area (TPSA) is 66.8 Å². The predicted molar refractivity (Wildman–Crippen MR) is 95.9 cm³/mol. The van der Waals surface area contributed by atoms with Crippen molar-refractivity contribution in [2.75, 3.05) is 11.7 Å². The van der Waals surface area contributed by atoms with Gasteiger partial charge in [0.15, 0.2) is 5.78 Å². The Kier molecular flexibility index (Phi) is 6.71. The molecule has 0 amide bonds. The summed E-state index contributed by atoms with van der Waals surface area (Å²) in [4.78, 5) is 24.6. The quantitative estimate of drug-likeness (QED) is 0.449. The number of hydrogen-bond acceptors (Lipinski definition) is 5. The van der Waals surface area contributed by atoms with Crippen LogP contribution in [0.2, 0.25) is 0 Å². The Balaban J connectivity index is 2.26. The molecular formula is C20H23NO4. The third kappa shape index (κ3) is 4.90. The molecule has 0 spiro atoms. The summed E-state index contributed by atoms with van der Waals surface area (Å²) in [6, 6.07) is 15.1. The molecule has 0 bridgehead atoms. The van der Waals surface area contributed by atoms with Crippen LogP contribution in [0.15, 0.2) is 54.6 Å². The van der Waals surface area contributed by atoms with Gasteiger partial charge in [-0.2, -0.15) is 0 Å². The van der Waals surface area contributed by atoms with Gasteiger partial charge in [0, 0.05) is 12.0 Å². The van der Waals surface area contributed by atoms with E-state index in [1.807, 2.05) is 25.1 Å². The second-order valence-corrected chi connectivity index (χ2v) is 5.72. The summed E-state index contributed by atoms with van der Waals surface area (Å²) in [5, 5.41) is 11.7. The molecule has 5 nitrogen and oxygen atoms in total. The number of carbonyl (C=O) groups is 2. The van der Waals surface area contributed by atoms with Crippen LogP contribution in [0, 0.1) is 6.92 Å². The van der Waals surface area contributed by atoms with Crippen molar-refractivity contribution < 1.29 is 19.5 Å². The van der Waals surface area contributed by atoms with E-state index in [0.717, 1.165) is 10.6 Å². The molecule has 132 valence electrons. The van der Waals surface area contributed by atoms with Gasteiger partial charge in [0.2, 0.25) is 0 Å². The summed E-state index contributed by atoms with van der Waals surface area (Å²) in [5.74, 6) is -0.623. The minimum Gasteiger partial charge on any atom is -0.466 e. The number of hydrogen-bond donors (Lipinski definition) is 1. The largest absolute Gasteiger partial charge is 0.466 e. The monoisotopic (exact) mass is 341 g/mol. The Morgan fingerprint density at radius 1 is 1.08 bits per heavy atom. The molecule has 0 heterocycles. The van der Waals surface area contributed by atoms with Crippen LogP contribution in [0.3, 0.4) is 0 Å². The second kappa shape index (κ2) is 8.99. The van der Waals surface area contributed by atoms with Crippen molar-refractivity contribution in [3.05, 3.63) is 65.7 Å². The number of hydroxylamine groups is 1. The number of carbonyl (C=O) groups excluding carboxylic acids is 2. The van der Waals surface area contributed by atoms with E-state index in [-0.39, 0.29) is 31.2 Å². The molecule has 0 aliphatic rings. The average molecular weight is 341 g/mol. The van der Waals surface area contributed by atoms with Gasteiger partial charge >= 0.3 is 5.97 Å². The number of benzene rings is 2. The first-order valence-electron chi connectivity index (χ1n) is 8.33. The van der Waals surface area contributed by atoms with Crippen LogP contribution in [0.5, 0.6) is 0 Å². The van der Waals surface area contributed by atoms with Gasteiger partial charge < -0.3 is 4.74 Å². The van der Waals surface area contributed by atoms with E-state index in [4.69, 9.17) is 4.74 Å². The first kappa shape index (κ1) is 18.7. The van der Waals surface area contributed by atoms with Crippen molar-refractivity contribution in [3.63, 3.8) is 0 Å². The lowest BCUT2D eigenvalue weighted by Crippen LogP contribution is -2.40. The Labute approximate surface area is 147 Å². The van der Waals surface area contributed by atoms with Crippen LogP contribution >= 0.6 is 0 Å². The zero-order valence-corrected chi connectivity index (χ0v) is 14.5. The van der Waals surface area contributed by atoms with Gasteiger partial charge in [-0.3, -0.25) is 14.8 Å². The van der Waals surface area contributed by atoms with Crippen LogP contribution in [0.1, 0.15) is 35.7 Å². The van der Waals surface area contributed by atoms with Crippen molar-refractivity contribution in [1.29, 1.82) is 0 Å². The number of ketones is 1. The maximum absolute atomic E-state index is 12.9. The van der Waals surface area contributed by atoms with Gasteiger partial charge in [0.1, 0.15) is 6.04 Å². The highest BCUT2D eigenvalue weighted by atomic mass is 16.5. The van der Waals surface area contributed by atoms with Crippen molar-refractivity contribution in [2.24, 2.45) is 0 Å². The Morgan fingerprint density at radius 3 is 2.36 bits per heavy atom. The van der Waals surface area contributed by atoms with Gasteiger partial charge in [-0.25, -0.2) is 5.06 Å². The predicted octanol–water partition coefficient (Wildman–Crippen LogP) is 3.79. The van der Waals surface area contributed by atoms with E-state index in [9.17, 15) is 14.8 Å². The zero-order chi connectivity index (χ0) is 18.2. The van der Waals surface area contributed by atoms with Gasteiger partial charge in [-0.1, -0.05) is 48.5 Å². The van der Waals surface area contributed by atoms with Crippen molar-refractivity contribution >= 4 is 17.4 Å². The smallest absolute Gasteiger partial charge is 0.305 e. The number of para-hydroxylation sites is 1. The number of ether oxygens (including phenoxy) is 1. The number of nitrogens with zero attached hydrogens (tertiary/aromatic N) is 1. The molecule has 2 rings (SSSR count). The molecule has 0 aliphatic heterocycles. The zero-order valence-electron chi connectivity index (χ0n) is 14.5. The highest BCUT2D eigenvalue weighted by Gasteiger charge is 2.28. The Bertz CT molecular complexity index is 715. The summed E-state index contributed by atoms with van der Waals surface area (Å²) < 4.78 is 4.94. The van der Waals surface area contributed by atoms with Crippen LogP contribution < -0.4 is 5.06 Å². The third-order valence-corrected chi connectivity index (χ3v) is 3.95. The maximum atomic E-state index is 12.9.